The molecule has 2 atom stereocenters. The van der Waals surface area contributed by atoms with E-state index in [1.807, 2.05) is 11.9 Å². The number of nitrogens with zero attached hydrogens (tertiary/aromatic N) is 1. The number of amides is 1. The van der Waals surface area contributed by atoms with Crippen molar-refractivity contribution in [3.63, 3.8) is 0 Å². The Hall–Kier alpha value is -0.570. The van der Waals surface area contributed by atoms with Gasteiger partial charge in [-0.3, -0.25) is 4.79 Å². The van der Waals surface area contributed by atoms with Crippen LogP contribution in [-0.2, 0) is 4.79 Å². The second kappa shape index (κ2) is 2.96. The molecule has 0 aromatic rings. The van der Waals surface area contributed by atoms with Gasteiger partial charge in [-0.25, -0.2) is 0 Å². The van der Waals surface area contributed by atoms with Gasteiger partial charge < -0.3 is 10.2 Å². The van der Waals surface area contributed by atoms with E-state index in [4.69, 9.17) is 0 Å². The van der Waals surface area contributed by atoms with Gasteiger partial charge in [-0.2, -0.15) is 0 Å². The van der Waals surface area contributed by atoms with E-state index in [1.54, 1.807) is 0 Å². The molecule has 1 saturated heterocycles. The number of carbonyl (C=O) groups excluding carboxylic acids is 1. The molecular formula is C11H18N2O. The molecule has 0 radical (unpaired) electrons. The summed E-state index contributed by atoms with van der Waals surface area (Å²) in [7, 11) is 1.97. The van der Waals surface area contributed by atoms with Gasteiger partial charge in [-0.15, -0.1) is 0 Å². The van der Waals surface area contributed by atoms with Crippen molar-refractivity contribution in [2.24, 2.45) is 17.8 Å². The summed E-state index contributed by atoms with van der Waals surface area (Å²) >= 11 is 0. The number of carbonyl (C=O) groups is 1. The standard InChI is InChI=1S/C11H18N2O/c1-13(10-5-12-6-10)11(14)9-3-7-2-8(7)4-9/h7-10,12H,2-6H2,1H3. The smallest absolute Gasteiger partial charge is 0.225 e. The van der Waals surface area contributed by atoms with E-state index in [0.29, 0.717) is 17.9 Å². The van der Waals surface area contributed by atoms with Gasteiger partial charge in [0.2, 0.25) is 5.91 Å². The van der Waals surface area contributed by atoms with Gasteiger partial charge in [0.15, 0.2) is 0 Å². The van der Waals surface area contributed by atoms with Crippen molar-refractivity contribution >= 4 is 5.91 Å². The van der Waals surface area contributed by atoms with Crippen molar-refractivity contribution in [3.8, 4) is 0 Å². The summed E-state index contributed by atoms with van der Waals surface area (Å²) in [6.45, 7) is 1.98. The third-order valence-electron chi connectivity index (χ3n) is 4.25. The number of rotatable bonds is 2. The Kier molecular flexibility index (Phi) is 1.84. The highest BCUT2D eigenvalue weighted by atomic mass is 16.2. The van der Waals surface area contributed by atoms with Crippen LogP contribution in [0.15, 0.2) is 0 Å². The molecule has 14 heavy (non-hydrogen) atoms. The Bertz CT molecular complexity index is 248. The Morgan fingerprint density at radius 2 is 1.86 bits per heavy atom. The molecule has 3 fully saturated rings. The first kappa shape index (κ1) is 8.72. The molecule has 0 bridgehead atoms. The van der Waals surface area contributed by atoms with Crippen LogP contribution in [0.1, 0.15) is 19.3 Å². The van der Waals surface area contributed by atoms with Crippen LogP contribution in [0.4, 0.5) is 0 Å². The third kappa shape index (κ3) is 1.26. The zero-order valence-electron chi connectivity index (χ0n) is 8.70. The molecule has 1 heterocycles. The average molecular weight is 194 g/mol. The van der Waals surface area contributed by atoms with Gasteiger partial charge in [0.05, 0.1) is 6.04 Å². The lowest BCUT2D eigenvalue weighted by Crippen LogP contribution is -2.58. The summed E-state index contributed by atoms with van der Waals surface area (Å²) in [6, 6.07) is 0.472. The van der Waals surface area contributed by atoms with Crippen LogP contribution in [0, 0.1) is 17.8 Å². The minimum Gasteiger partial charge on any atom is -0.340 e. The topological polar surface area (TPSA) is 32.3 Å². The Balaban J connectivity index is 1.58. The molecule has 1 aliphatic heterocycles. The molecular weight excluding hydrogens is 176 g/mol. The normalized spacial score (nSPS) is 40.2. The van der Waals surface area contributed by atoms with Gasteiger partial charge in [0.1, 0.15) is 0 Å². The first-order valence-corrected chi connectivity index (χ1v) is 5.73. The zero-order valence-corrected chi connectivity index (χ0v) is 8.70. The fourth-order valence-corrected chi connectivity index (χ4v) is 2.93. The van der Waals surface area contributed by atoms with Crippen molar-refractivity contribution in [2.75, 3.05) is 20.1 Å². The summed E-state index contributed by atoms with van der Waals surface area (Å²) in [5, 5.41) is 3.21. The van der Waals surface area contributed by atoms with Gasteiger partial charge >= 0.3 is 0 Å². The number of hydrogen-bond donors (Lipinski definition) is 1. The van der Waals surface area contributed by atoms with E-state index in [0.717, 1.165) is 24.9 Å². The maximum absolute atomic E-state index is 12.0. The van der Waals surface area contributed by atoms with Crippen LogP contribution in [0.3, 0.4) is 0 Å². The molecule has 3 aliphatic rings. The molecule has 0 spiro atoms. The highest BCUT2D eigenvalue weighted by Crippen LogP contribution is 2.54. The molecule has 0 aromatic carbocycles. The lowest BCUT2D eigenvalue weighted by Gasteiger charge is -2.37. The fraction of sp³-hybridized carbons (Fsp3) is 0.909. The Morgan fingerprint density at radius 3 is 2.36 bits per heavy atom. The van der Waals surface area contributed by atoms with Crippen molar-refractivity contribution in [1.82, 2.24) is 10.2 Å². The number of likely N-dealkylation sites (N-methyl/N-ethyl adjacent to an activating group) is 1. The highest BCUT2D eigenvalue weighted by Gasteiger charge is 2.49. The number of hydrogen-bond acceptors (Lipinski definition) is 2. The van der Waals surface area contributed by atoms with E-state index in [2.05, 4.69) is 5.32 Å². The first-order valence-electron chi connectivity index (χ1n) is 5.73. The van der Waals surface area contributed by atoms with Gasteiger partial charge in [0.25, 0.3) is 0 Å². The van der Waals surface area contributed by atoms with Crippen molar-refractivity contribution in [2.45, 2.75) is 25.3 Å². The molecule has 1 amide bonds. The zero-order chi connectivity index (χ0) is 9.71. The van der Waals surface area contributed by atoms with Gasteiger partial charge in [-0.1, -0.05) is 0 Å². The lowest BCUT2D eigenvalue weighted by molar-refractivity contribution is -0.137. The van der Waals surface area contributed by atoms with Crippen LogP contribution in [0.25, 0.3) is 0 Å². The maximum Gasteiger partial charge on any atom is 0.225 e. The number of fused-ring (bicyclic) bond motifs is 1. The van der Waals surface area contributed by atoms with Crippen LogP contribution in [0.5, 0.6) is 0 Å². The summed E-state index contributed by atoms with van der Waals surface area (Å²) in [6.07, 6.45) is 3.75. The minimum atomic E-state index is 0.365. The van der Waals surface area contributed by atoms with E-state index in [9.17, 15) is 4.79 Å². The van der Waals surface area contributed by atoms with Crippen molar-refractivity contribution in [1.29, 1.82) is 0 Å². The minimum absolute atomic E-state index is 0.365. The van der Waals surface area contributed by atoms with Crippen molar-refractivity contribution in [3.05, 3.63) is 0 Å². The molecule has 3 nitrogen and oxygen atoms in total. The predicted molar refractivity (Wildman–Crippen MR) is 53.7 cm³/mol. The number of nitrogens with one attached hydrogen (secondary N) is 1. The van der Waals surface area contributed by atoms with E-state index in [-0.39, 0.29) is 0 Å². The monoisotopic (exact) mass is 194 g/mol. The summed E-state index contributed by atoms with van der Waals surface area (Å²) < 4.78 is 0. The molecule has 3 heteroatoms. The average Bonchev–Trinajstić information content (AvgIpc) is 2.69. The Morgan fingerprint density at radius 1 is 1.21 bits per heavy atom. The van der Waals surface area contributed by atoms with E-state index >= 15 is 0 Å². The van der Waals surface area contributed by atoms with Crippen molar-refractivity contribution < 1.29 is 4.79 Å². The second-order valence-corrected chi connectivity index (χ2v) is 5.19. The molecule has 2 saturated carbocycles. The van der Waals surface area contributed by atoms with Crippen LogP contribution < -0.4 is 5.32 Å². The van der Waals surface area contributed by atoms with Crippen LogP contribution in [0.2, 0.25) is 0 Å². The molecule has 2 unspecified atom stereocenters. The molecule has 78 valence electrons. The van der Waals surface area contributed by atoms with E-state index < -0.39 is 0 Å². The molecule has 0 aromatic heterocycles. The first-order chi connectivity index (χ1) is 6.75. The van der Waals surface area contributed by atoms with E-state index in [1.165, 1.54) is 19.3 Å². The molecule has 2 aliphatic carbocycles. The molecule has 1 N–H and O–H groups in total. The van der Waals surface area contributed by atoms with Crippen LogP contribution in [-0.4, -0.2) is 37.0 Å². The SMILES string of the molecule is CN(C(=O)C1CC2CC2C1)C1CNC1. The maximum atomic E-state index is 12.0. The largest absolute Gasteiger partial charge is 0.340 e. The van der Waals surface area contributed by atoms with Crippen LogP contribution >= 0.6 is 0 Å². The van der Waals surface area contributed by atoms with Gasteiger partial charge in [-0.05, 0) is 31.1 Å². The third-order valence-corrected chi connectivity index (χ3v) is 4.25. The predicted octanol–water partition coefficient (Wildman–Crippen LogP) is 0.463. The summed E-state index contributed by atoms with van der Waals surface area (Å²) in [5.41, 5.74) is 0. The highest BCUT2D eigenvalue weighted by molar-refractivity contribution is 5.79. The summed E-state index contributed by atoms with van der Waals surface area (Å²) in [4.78, 5) is 14.0. The van der Waals surface area contributed by atoms with Gasteiger partial charge in [0, 0.05) is 26.1 Å². The summed E-state index contributed by atoms with van der Waals surface area (Å²) in [5.74, 6) is 2.60. The quantitative estimate of drug-likeness (QED) is 0.693. The second-order valence-electron chi connectivity index (χ2n) is 5.19. The lowest BCUT2D eigenvalue weighted by atomic mass is 10.0. The fourth-order valence-electron chi connectivity index (χ4n) is 2.93. The Labute approximate surface area is 84.8 Å². The molecule has 3 rings (SSSR count).